The fraction of sp³-hybridized carbons (Fsp3) is 0.880. The van der Waals surface area contributed by atoms with Crippen LogP contribution in [0.25, 0.3) is 0 Å². The number of ether oxygens (including phenoxy) is 1. The van der Waals surface area contributed by atoms with Gasteiger partial charge in [0.1, 0.15) is 0 Å². The number of hydrogen-bond acceptors (Lipinski definition) is 2. The maximum atomic E-state index is 5.70. The van der Waals surface area contributed by atoms with E-state index in [9.17, 15) is 0 Å². The molecule has 0 atom stereocenters. The summed E-state index contributed by atoms with van der Waals surface area (Å²) in [6.45, 7) is 18.5. The van der Waals surface area contributed by atoms with Gasteiger partial charge in [-0.1, -0.05) is 0 Å². The van der Waals surface area contributed by atoms with Crippen LogP contribution in [-0.4, -0.2) is 41.1 Å². The van der Waals surface area contributed by atoms with E-state index in [2.05, 4.69) is 53.0 Å². The van der Waals surface area contributed by atoms with Gasteiger partial charge in [-0.25, -0.2) is 0 Å². The van der Waals surface area contributed by atoms with Crippen LogP contribution in [0.3, 0.4) is 0 Å². The van der Waals surface area contributed by atoms with E-state index in [1.54, 1.807) is 9.40 Å². The Balaban J connectivity index is 2.63. The Bertz CT molecular complexity index is 589. The molecule has 1 aliphatic heterocycles. The molecule has 0 spiro atoms. The third kappa shape index (κ3) is 6.24. The number of nitrogens with zero attached hydrogens (tertiary/aromatic N) is 2. The number of imidazole rings is 1. The van der Waals surface area contributed by atoms with Crippen LogP contribution in [0, 0.1) is 6.92 Å². The molecule has 4 heteroatoms. The number of hydrogen-bond donors (Lipinski definition) is 0. The molecule has 0 radical (unpaired) electrons. The van der Waals surface area contributed by atoms with Crippen LogP contribution in [0.2, 0.25) is 13.3 Å². The summed E-state index contributed by atoms with van der Waals surface area (Å²) in [7, 11) is 0. The first kappa shape index (κ1) is 25.2. The van der Waals surface area contributed by atoms with Gasteiger partial charge in [0.2, 0.25) is 0 Å². The van der Waals surface area contributed by atoms with Gasteiger partial charge in [0, 0.05) is 0 Å². The monoisotopic (exact) mass is 512 g/mol. The fourth-order valence-corrected chi connectivity index (χ4v) is 22.3. The molecule has 0 bridgehead atoms. The van der Waals surface area contributed by atoms with Gasteiger partial charge in [0.15, 0.2) is 0 Å². The maximum absolute atomic E-state index is 5.70. The quantitative estimate of drug-likeness (QED) is 0.303. The van der Waals surface area contributed by atoms with Gasteiger partial charge in [-0.2, -0.15) is 0 Å². The standard InChI is InChI=1S/C13H21N2O.3C4H9.Sn/c1-10-14-9-12(13(2,3)4)15(10)11-5-7-16-8-6-11;3*1-3-4-2;/h11H,5-8H2,1-4H3;3*1,3-4H2,2H3;. The Kier molecular flexibility index (Phi) is 10.0. The molecule has 0 N–H and O–H groups in total. The minimum atomic E-state index is -2.58. The van der Waals surface area contributed by atoms with E-state index >= 15 is 0 Å². The van der Waals surface area contributed by atoms with Crippen LogP contribution in [0.15, 0.2) is 0 Å². The summed E-state index contributed by atoms with van der Waals surface area (Å²) in [6.07, 6.45) is 10.4. The van der Waals surface area contributed by atoms with Crippen LogP contribution in [0.1, 0.15) is 110 Å². The van der Waals surface area contributed by atoms with Crippen LogP contribution < -0.4 is 3.71 Å². The predicted octanol–water partition coefficient (Wildman–Crippen LogP) is 6.90. The average molecular weight is 511 g/mol. The Morgan fingerprint density at radius 1 is 0.931 bits per heavy atom. The molecule has 1 fully saturated rings. The summed E-state index contributed by atoms with van der Waals surface area (Å²) >= 11 is -2.58. The van der Waals surface area contributed by atoms with Gasteiger partial charge in [0.25, 0.3) is 0 Å². The molecular formula is C25H48N2OSn. The molecule has 1 aromatic heterocycles. The Morgan fingerprint density at radius 2 is 1.41 bits per heavy atom. The molecule has 0 unspecified atom stereocenters. The normalized spacial score (nSPS) is 16.5. The van der Waals surface area contributed by atoms with Gasteiger partial charge < -0.3 is 0 Å². The molecule has 2 rings (SSSR count). The first-order valence-corrected chi connectivity index (χ1v) is 20.0. The topological polar surface area (TPSA) is 27.1 Å². The SMILES string of the molecule is CCC[CH2][Sn]([CH2]CCC)([CH2]CCC)[c]1nc(C)n(C2CCOCC2)c1C(C)(C)C. The van der Waals surface area contributed by atoms with Gasteiger partial charge in [-0.3, -0.25) is 0 Å². The average Bonchev–Trinajstić information content (AvgIpc) is 3.06. The van der Waals surface area contributed by atoms with Crippen molar-refractivity contribution >= 4 is 22.1 Å². The molecule has 0 aliphatic carbocycles. The van der Waals surface area contributed by atoms with Crippen molar-refractivity contribution in [2.75, 3.05) is 13.2 Å². The van der Waals surface area contributed by atoms with Crippen molar-refractivity contribution in [1.82, 2.24) is 9.55 Å². The number of rotatable bonds is 11. The first-order chi connectivity index (χ1) is 13.8. The Hall–Kier alpha value is -0.0313. The van der Waals surface area contributed by atoms with Gasteiger partial charge in [-0.15, -0.1) is 0 Å². The molecule has 168 valence electrons. The molecule has 0 saturated carbocycles. The molecule has 2 heterocycles. The summed E-state index contributed by atoms with van der Waals surface area (Å²) in [6, 6.07) is 0.576. The third-order valence-electron chi connectivity index (χ3n) is 6.88. The zero-order valence-corrected chi connectivity index (χ0v) is 23.4. The van der Waals surface area contributed by atoms with E-state index in [1.807, 2.05) is 0 Å². The molecule has 1 saturated heterocycles. The predicted molar refractivity (Wildman–Crippen MR) is 129 cm³/mol. The first-order valence-electron chi connectivity index (χ1n) is 12.5. The summed E-state index contributed by atoms with van der Waals surface area (Å²) in [5, 5.41) is 0. The number of aryl methyl sites for hydroxylation is 1. The van der Waals surface area contributed by atoms with E-state index in [0.717, 1.165) is 26.1 Å². The molecule has 1 aromatic rings. The number of aromatic nitrogens is 2. The molecule has 0 amide bonds. The molecule has 3 nitrogen and oxygen atoms in total. The van der Waals surface area contributed by atoms with E-state index in [0.29, 0.717) is 6.04 Å². The Morgan fingerprint density at radius 3 is 1.83 bits per heavy atom. The van der Waals surface area contributed by atoms with Crippen LogP contribution in [0.4, 0.5) is 0 Å². The molecular weight excluding hydrogens is 463 g/mol. The van der Waals surface area contributed by atoms with E-state index in [1.165, 1.54) is 57.7 Å². The molecule has 29 heavy (non-hydrogen) atoms. The van der Waals surface area contributed by atoms with Crippen molar-refractivity contribution in [3.05, 3.63) is 11.5 Å². The van der Waals surface area contributed by atoms with E-state index < -0.39 is 18.4 Å². The second-order valence-corrected chi connectivity index (χ2v) is 23.4. The van der Waals surface area contributed by atoms with Crippen LogP contribution >= 0.6 is 0 Å². The summed E-state index contributed by atoms with van der Waals surface area (Å²) < 4.78 is 14.5. The van der Waals surface area contributed by atoms with Crippen molar-refractivity contribution in [3.63, 3.8) is 0 Å². The van der Waals surface area contributed by atoms with Gasteiger partial charge in [-0.05, 0) is 0 Å². The second-order valence-electron chi connectivity index (χ2n) is 10.4. The van der Waals surface area contributed by atoms with Crippen molar-refractivity contribution in [2.45, 2.75) is 125 Å². The van der Waals surface area contributed by atoms with E-state index in [4.69, 9.17) is 9.72 Å². The van der Waals surface area contributed by atoms with Crippen molar-refractivity contribution in [1.29, 1.82) is 0 Å². The van der Waals surface area contributed by atoms with Crippen LogP contribution in [0.5, 0.6) is 0 Å². The van der Waals surface area contributed by atoms with Crippen LogP contribution in [-0.2, 0) is 10.2 Å². The van der Waals surface area contributed by atoms with Crippen molar-refractivity contribution < 1.29 is 4.74 Å². The molecule has 1 aliphatic rings. The fourth-order valence-electron chi connectivity index (χ4n) is 5.30. The van der Waals surface area contributed by atoms with Crippen molar-refractivity contribution in [3.8, 4) is 0 Å². The summed E-state index contributed by atoms with van der Waals surface area (Å²) in [5.74, 6) is 1.28. The Labute approximate surface area is 185 Å². The third-order valence-corrected chi connectivity index (χ3v) is 22.0. The van der Waals surface area contributed by atoms with Gasteiger partial charge in [0.05, 0.1) is 0 Å². The summed E-state index contributed by atoms with van der Waals surface area (Å²) in [5.41, 5.74) is 1.77. The molecule has 0 aromatic carbocycles. The van der Waals surface area contributed by atoms with Gasteiger partial charge >= 0.3 is 186 Å². The second kappa shape index (κ2) is 11.5. The van der Waals surface area contributed by atoms with E-state index in [-0.39, 0.29) is 5.41 Å². The minimum absolute atomic E-state index is 0.154. The summed E-state index contributed by atoms with van der Waals surface area (Å²) in [4.78, 5) is 5.50. The zero-order chi connectivity index (χ0) is 21.5. The van der Waals surface area contributed by atoms with Crippen molar-refractivity contribution in [2.24, 2.45) is 0 Å². The number of unbranched alkanes of at least 4 members (excludes halogenated alkanes) is 3. The zero-order valence-electron chi connectivity index (χ0n) is 20.6.